The highest BCUT2D eigenvalue weighted by Gasteiger charge is 2.12. The largest absolute Gasteiger partial charge is 0.478 e. The third-order valence-electron chi connectivity index (χ3n) is 3.38. The Hall–Kier alpha value is -2.63. The molecule has 0 aliphatic heterocycles. The van der Waals surface area contributed by atoms with Crippen molar-refractivity contribution in [1.82, 2.24) is 19.1 Å². The normalized spacial score (nSPS) is 11.1. The van der Waals surface area contributed by atoms with Crippen molar-refractivity contribution in [2.24, 2.45) is 7.05 Å². The fourth-order valence-corrected chi connectivity index (χ4v) is 2.30. The van der Waals surface area contributed by atoms with Gasteiger partial charge in [0.1, 0.15) is 11.3 Å². The standard InChI is InChI=1S/C14H14N4O2/c1-17-8-6-15-12(17)5-7-18-9-16-13-10(14(19)20)3-2-4-11(13)18/h2-4,6,8-9H,5,7H2,1H3,(H,19,20). The monoisotopic (exact) mass is 270 g/mol. The van der Waals surface area contributed by atoms with Crippen molar-refractivity contribution >= 4 is 17.0 Å². The lowest BCUT2D eigenvalue weighted by Gasteiger charge is -2.05. The summed E-state index contributed by atoms with van der Waals surface area (Å²) in [5.74, 6) is 0.0335. The van der Waals surface area contributed by atoms with Crippen LogP contribution in [-0.2, 0) is 20.0 Å². The quantitative estimate of drug-likeness (QED) is 0.783. The van der Waals surface area contributed by atoms with Crippen molar-refractivity contribution in [3.63, 3.8) is 0 Å². The van der Waals surface area contributed by atoms with Crippen molar-refractivity contribution in [2.75, 3.05) is 0 Å². The first-order chi connectivity index (χ1) is 9.66. The molecule has 6 nitrogen and oxygen atoms in total. The number of rotatable bonds is 4. The van der Waals surface area contributed by atoms with Gasteiger partial charge in [0.05, 0.1) is 17.4 Å². The van der Waals surface area contributed by atoms with Crippen molar-refractivity contribution in [3.05, 3.63) is 48.3 Å². The van der Waals surface area contributed by atoms with E-state index in [1.54, 1.807) is 24.7 Å². The Kier molecular flexibility index (Phi) is 2.98. The fraction of sp³-hybridized carbons (Fsp3) is 0.214. The molecule has 102 valence electrons. The molecule has 0 atom stereocenters. The van der Waals surface area contributed by atoms with Gasteiger partial charge in [-0.05, 0) is 12.1 Å². The molecule has 0 radical (unpaired) electrons. The van der Waals surface area contributed by atoms with Gasteiger partial charge in [-0.25, -0.2) is 14.8 Å². The van der Waals surface area contributed by atoms with Gasteiger partial charge in [0, 0.05) is 32.4 Å². The number of carbonyl (C=O) groups is 1. The Labute approximate surface area is 115 Å². The van der Waals surface area contributed by atoms with E-state index in [-0.39, 0.29) is 5.56 Å². The van der Waals surface area contributed by atoms with Crippen LogP contribution in [0.15, 0.2) is 36.9 Å². The Morgan fingerprint density at radius 3 is 2.90 bits per heavy atom. The van der Waals surface area contributed by atoms with Crippen LogP contribution in [0.4, 0.5) is 0 Å². The summed E-state index contributed by atoms with van der Waals surface area (Å²) in [6.45, 7) is 0.713. The first kappa shape index (κ1) is 12.4. The second kappa shape index (κ2) is 4.80. The molecule has 20 heavy (non-hydrogen) atoms. The Morgan fingerprint density at radius 1 is 1.35 bits per heavy atom. The average molecular weight is 270 g/mol. The molecule has 0 bridgehead atoms. The number of aromatic carboxylic acids is 1. The van der Waals surface area contributed by atoms with E-state index >= 15 is 0 Å². The van der Waals surface area contributed by atoms with Crippen LogP contribution < -0.4 is 0 Å². The number of nitrogens with zero attached hydrogens (tertiary/aromatic N) is 4. The second-order valence-corrected chi connectivity index (χ2v) is 4.62. The number of imidazole rings is 2. The molecular weight excluding hydrogens is 256 g/mol. The molecular formula is C14H14N4O2. The number of aryl methyl sites for hydroxylation is 3. The Balaban J connectivity index is 1.91. The lowest BCUT2D eigenvalue weighted by Crippen LogP contribution is -2.05. The van der Waals surface area contributed by atoms with E-state index < -0.39 is 5.97 Å². The van der Waals surface area contributed by atoms with E-state index in [0.717, 1.165) is 17.8 Å². The fourth-order valence-electron chi connectivity index (χ4n) is 2.30. The van der Waals surface area contributed by atoms with Crippen molar-refractivity contribution in [1.29, 1.82) is 0 Å². The molecule has 0 saturated carbocycles. The van der Waals surface area contributed by atoms with E-state index in [1.807, 2.05) is 28.4 Å². The molecule has 0 fully saturated rings. The highest BCUT2D eigenvalue weighted by molar-refractivity contribution is 6.00. The summed E-state index contributed by atoms with van der Waals surface area (Å²) in [5, 5.41) is 9.15. The summed E-state index contributed by atoms with van der Waals surface area (Å²) >= 11 is 0. The molecule has 0 unspecified atom stereocenters. The van der Waals surface area contributed by atoms with Crippen LogP contribution in [0.2, 0.25) is 0 Å². The van der Waals surface area contributed by atoms with Gasteiger partial charge in [-0.2, -0.15) is 0 Å². The van der Waals surface area contributed by atoms with Crippen LogP contribution in [-0.4, -0.2) is 30.2 Å². The van der Waals surface area contributed by atoms with Crippen LogP contribution in [0, 0.1) is 0 Å². The highest BCUT2D eigenvalue weighted by atomic mass is 16.4. The molecule has 3 aromatic rings. The number of benzene rings is 1. The first-order valence-electron chi connectivity index (χ1n) is 6.30. The maximum absolute atomic E-state index is 11.2. The van der Waals surface area contributed by atoms with Gasteiger partial charge in [-0.3, -0.25) is 0 Å². The molecule has 3 rings (SSSR count). The molecule has 0 spiro atoms. The molecule has 0 saturated heterocycles. The van der Waals surface area contributed by atoms with E-state index in [4.69, 9.17) is 5.11 Å². The number of carboxylic acid groups (broad SMARTS) is 1. The minimum atomic E-state index is -0.954. The average Bonchev–Trinajstić information content (AvgIpc) is 3.02. The lowest BCUT2D eigenvalue weighted by atomic mass is 10.2. The maximum atomic E-state index is 11.2. The number of fused-ring (bicyclic) bond motifs is 1. The predicted molar refractivity (Wildman–Crippen MR) is 73.6 cm³/mol. The van der Waals surface area contributed by atoms with Crippen LogP contribution in [0.5, 0.6) is 0 Å². The molecule has 0 amide bonds. The minimum Gasteiger partial charge on any atom is -0.478 e. The van der Waals surface area contributed by atoms with Gasteiger partial charge >= 0.3 is 5.97 Å². The molecule has 0 aliphatic carbocycles. The third kappa shape index (κ3) is 2.05. The summed E-state index contributed by atoms with van der Waals surface area (Å²) in [6, 6.07) is 5.19. The minimum absolute atomic E-state index is 0.234. The van der Waals surface area contributed by atoms with Crippen molar-refractivity contribution in [2.45, 2.75) is 13.0 Å². The lowest BCUT2D eigenvalue weighted by molar-refractivity contribution is 0.0699. The first-order valence-corrected chi connectivity index (χ1v) is 6.30. The molecule has 1 N–H and O–H groups in total. The van der Waals surface area contributed by atoms with E-state index in [9.17, 15) is 4.79 Å². The van der Waals surface area contributed by atoms with Crippen molar-refractivity contribution < 1.29 is 9.90 Å². The number of carboxylic acids is 1. The molecule has 2 aromatic heterocycles. The van der Waals surface area contributed by atoms with Crippen LogP contribution >= 0.6 is 0 Å². The summed E-state index contributed by atoms with van der Waals surface area (Å²) < 4.78 is 3.93. The van der Waals surface area contributed by atoms with E-state index in [0.29, 0.717) is 12.1 Å². The van der Waals surface area contributed by atoms with Gasteiger partial charge in [0.25, 0.3) is 0 Å². The van der Waals surface area contributed by atoms with Gasteiger partial charge in [0.15, 0.2) is 0 Å². The topological polar surface area (TPSA) is 72.9 Å². The predicted octanol–water partition coefficient (Wildman–Crippen LogP) is 1.71. The Morgan fingerprint density at radius 2 is 2.20 bits per heavy atom. The summed E-state index contributed by atoms with van der Waals surface area (Å²) in [6.07, 6.45) is 6.13. The maximum Gasteiger partial charge on any atom is 0.337 e. The van der Waals surface area contributed by atoms with Gasteiger partial charge in [-0.15, -0.1) is 0 Å². The van der Waals surface area contributed by atoms with Gasteiger partial charge < -0.3 is 14.2 Å². The highest BCUT2D eigenvalue weighted by Crippen LogP contribution is 2.18. The van der Waals surface area contributed by atoms with Crippen molar-refractivity contribution in [3.8, 4) is 0 Å². The smallest absolute Gasteiger partial charge is 0.337 e. The molecule has 1 aromatic carbocycles. The number of para-hydroxylation sites is 1. The SMILES string of the molecule is Cn1ccnc1CCn1cnc2c(C(=O)O)cccc21. The molecule has 2 heterocycles. The molecule has 0 aliphatic rings. The zero-order valence-electron chi connectivity index (χ0n) is 11.0. The second-order valence-electron chi connectivity index (χ2n) is 4.62. The summed E-state index contributed by atoms with van der Waals surface area (Å²) in [4.78, 5) is 19.6. The zero-order valence-corrected chi connectivity index (χ0v) is 11.0. The molecule has 6 heteroatoms. The number of hydrogen-bond donors (Lipinski definition) is 1. The van der Waals surface area contributed by atoms with Crippen LogP contribution in [0.1, 0.15) is 16.2 Å². The van der Waals surface area contributed by atoms with Crippen LogP contribution in [0.3, 0.4) is 0 Å². The van der Waals surface area contributed by atoms with E-state index in [2.05, 4.69) is 9.97 Å². The van der Waals surface area contributed by atoms with Gasteiger partial charge in [-0.1, -0.05) is 6.07 Å². The summed E-state index contributed by atoms with van der Waals surface area (Å²) in [5.41, 5.74) is 1.59. The van der Waals surface area contributed by atoms with Gasteiger partial charge in [0.2, 0.25) is 0 Å². The zero-order chi connectivity index (χ0) is 14.1. The number of hydrogen-bond acceptors (Lipinski definition) is 3. The van der Waals surface area contributed by atoms with Crippen LogP contribution in [0.25, 0.3) is 11.0 Å². The summed E-state index contributed by atoms with van der Waals surface area (Å²) in [7, 11) is 1.96. The van der Waals surface area contributed by atoms with E-state index in [1.165, 1.54) is 0 Å². The number of aromatic nitrogens is 4. The third-order valence-corrected chi connectivity index (χ3v) is 3.38. The Bertz CT molecular complexity index is 772.